The van der Waals surface area contributed by atoms with Gasteiger partial charge < -0.3 is 10.2 Å². The second kappa shape index (κ2) is 6.93. The molecule has 2 aromatic rings. The van der Waals surface area contributed by atoms with Gasteiger partial charge >= 0.3 is 0 Å². The molecule has 22 heavy (non-hydrogen) atoms. The third-order valence-corrected chi connectivity index (χ3v) is 5.35. The first kappa shape index (κ1) is 15.7. The van der Waals surface area contributed by atoms with E-state index in [0.29, 0.717) is 6.04 Å². The van der Waals surface area contributed by atoms with Crippen LogP contribution in [0.5, 0.6) is 0 Å². The van der Waals surface area contributed by atoms with Gasteiger partial charge in [-0.05, 0) is 34.5 Å². The number of hydrogen-bond acceptors (Lipinski definition) is 6. The number of thiophene rings is 1. The lowest BCUT2D eigenvalue weighted by atomic mass is 10.2. The fraction of sp³-hybridized carbons (Fsp3) is 0.467. The summed E-state index contributed by atoms with van der Waals surface area (Å²) in [6, 6.07) is 6.77. The van der Waals surface area contributed by atoms with E-state index in [0.717, 1.165) is 37.7 Å². The molecule has 7 heteroatoms. The van der Waals surface area contributed by atoms with Crippen molar-refractivity contribution in [2.75, 3.05) is 37.4 Å². The Kier molecular flexibility index (Phi) is 4.95. The van der Waals surface area contributed by atoms with Crippen molar-refractivity contribution < 1.29 is 0 Å². The highest BCUT2D eigenvalue weighted by Gasteiger charge is 2.23. The Morgan fingerprint density at radius 1 is 1.41 bits per heavy atom. The Morgan fingerprint density at radius 3 is 3.00 bits per heavy atom. The van der Waals surface area contributed by atoms with Crippen LogP contribution in [-0.4, -0.2) is 48.1 Å². The summed E-state index contributed by atoms with van der Waals surface area (Å²) in [4.78, 5) is 14.5. The maximum absolute atomic E-state index is 4.33. The van der Waals surface area contributed by atoms with Crippen LogP contribution in [0.3, 0.4) is 0 Å². The number of hydrogen-bond donors (Lipinski definition) is 1. The van der Waals surface area contributed by atoms with Gasteiger partial charge in [0.1, 0.15) is 18.0 Å². The summed E-state index contributed by atoms with van der Waals surface area (Å²) in [6.07, 6.45) is 2.77. The number of nitrogens with one attached hydrogen (secondary N) is 1. The predicted molar refractivity (Wildman–Crippen MR) is 95.7 cm³/mol. The highest BCUT2D eigenvalue weighted by Crippen LogP contribution is 2.25. The second-order valence-corrected chi connectivity index (χ2v) is 8.27. The molecule has 1 atom stereocenters. The van der Waals surface area contributed by atoms with E-state index in [4.69, 9.17) is 0 Å². The molecular formula is C15H20BrN5S. The molecule has 1 aliphatic rings. The van der Waals surface area contributed by atoms with Gasteiger partial charge in [0.2, 0.25) is 0 Å². The first-order chi connectivity index (χ1) is 10.6. The summed E-state index contributed by atoms with van der Waals surface area (Å²) in [7, 11) is 3.98. The molecule has 3 heterocycles. The van der Waals surface area contributed by atoms with Crippen LogP contribution in [0.15, 0.2) is 28.3 Å². The topological polar surface area (TPSA) is 44.3 Å². The van der Waals surface area contributed by atoms with E-state index in [-0.39, 0.29) is 0 Å². The molecule has 5 nitrogen and oxygen atoms in total. The number of rotatable bonds is 5. The van der Waals surface area contributed by atoms with E-state index in [1.54, 1.807) is 6.33 Å². The first-order valence-corrected chi connectivity index (χ1v) is 8.93. The molecule has 1 aliphatic heterocycles. The van der Waals surface area contributed by atoms with Crippen molar-refractivity contribution in [1.82, 2.24) is 14.9 Å². The van der Waals surface area contributed by atoms with Crippen LogP contribution in [0.25, 0.3) is 0 Å². The average Bonchev–Trinajstić information content (AvgIpc) is 3.09. The summed E-state index contributed by atoms with van der Waals surface area (Å²) in [6.45, 7) is 3.21. The van der Waals surface area contributed by atoms with Crippen LogP contribution in [0, 0.1) is 0 Å². The fourth-order valence-electron chi connectivity index (χ4n) is 2.63. The zero-order chi connectivity index (χ0) is 15.5. The van der Waals surface area contributed by atoms with Crippen LogP contribution in [0.4, 0.5) is 11.6 Å². The minimum absolute atomic E-state index is 0.452. The van der Waals surface area contributed by atoms with Gasteiger partial charge in [-0.1, -0.05) is 0 Å². The summed E-state index contributed by atoms with van der Waals surface area (Å²) >= 11 is 5.34. The van der Waals surface area contributed by atoms with Crippen molar-refractivity contribution in [3.8, 4) is 0 Å². The van der Waals surface area contributed by atoms with Crippen molar-refractivity contribution in [3.05, 3.63) is 33.2 Å². The molecule has 0 bridgehead atoms. The van der Waals surface area contributed by atoms with Crippen molar-refractivity contribution in [3.63, 3.8) is 0 Å². The zero-order valence-corrected chi connectivity index (χ0v) is 15.2. The minimum Gasteiger partial charge on any atom is -0.366 e. The monoisotopic (exact) mass is 381 g/mol. The van der Waals surface area contributed by atoms with E-state index >= 15 is 0 Å². The molecule has 1 fully saturated rings. The molecule has 0 radical (unpaired) electrons. The summed E-state index contributed by atoms with van der Waals surface area (Å²) < 4.78 is 1.20. The fourth-order valence-corrected chi connectivity index (χ4v) is 4.16. The Bertz CT molecular complexity index is 630. The smallest absolute Gasteiger partial charge is 0.133 e. The van der Waals surface area contributed by atoms with Crippen molar-refractivity contribution in [1.29, 1.82) is 0 Å². The highest BCUT2D eigenvalue weighted by molar-refractivity contribution is 9.11. The maximum Gasteiger partial charge on any atom is 0.133 e. The van der Waals surface area contributed by atoms with Crippen LogP contribution in [0.2, 0.25) is 0 Å². The lowest BCUT2D eigenvalue weighted by Crippen LogP contribution is -2.26. The zero-order valence-electron chi connectivity index (χ0n) is 12.8. The lowest BCUT2D eigenvalue weighted by molar-refractivity contribution is 0.331. The van der Waals surface area contributed by atoms with Gasteiger partial charge in [0.25, 0.3) is 0 Å². The van der Waals surface area contributed by atoms with Crippen molar-refractivity contribution >= 4 is 38.9 Å². The third-order valence-electron chi connectivity index (χ3n) is 3.74. The molecule has 0 amide bonds. The summed E-state index contributed by atoms with van der Waals surface area (Å²) in [5.41, 5.74) is 0. The molecule has 2 aromatic heterocycles. The molecule has 1 N–H and O–H groups in total. The molecule has 0 aromatic carbocycles. The lowest BCUT2D eigenvalue weighted by Gasteiger charge is -2.17. The molecule has 0 spiro atoms. The van der Waals surface area contributed by atoms with Crippen LogP contribution >= 0.6 is 27.3 Å². The number of halogens is 1. The van der Waals surface area contributed by atoms with Gasteiger partial charge in [-0.15, -0.1) is 11.3 Å². The maximum atomic E-state index is 4.33. The van der Waals surface area contributed by atoms with Crippen molar-refractivity contribution in [2.45, 2.75) is 19.0 Å². The Hall–Kier alpha value is -1.18. The van der Waals surface area contributed by atoms with Gasteiger partial charge in [-0.3, -0.25) is 4.90 Å². The second-order valence-electron chi connectivity index (χ2n) is 5.73. The van der Waals surface area contributed by atoms with E-state index in [1.165, 1.54) is 8.66 Å². The van der Waals surface area contributed by atoms with Gasteiger partial charge in [-0.2, -0.15) is 0 Å². The third kappa shape index (κ3) is 3.97. The molecule has 3 rings (SSSR count). The number of likely N-dealkylation sites (tertiary alicyclic amines) is 1. The minimum atomic E-state index is 0.452. The first-order valence-electron chi connectivity index (χ1n) is 7.32. The Balaban J connectivity index is 1.55. The number of aromatic nitrogens is 2. The molecule has 1 unspecified atom stereocenters. The number of anilines is 2. The van der Waals surface area contributed by atoms with E-state index in [2.05, 4.69) is 48.2 Å². The average molecular weight is 382 g/mol. The summed E-state index contributed by atoms with van der Waals surface area (Å²) in [5.74, 6) is 1.83. The molecule has 118 valence electrons. The molecule has 0 saturated carbocycles. The number of nitrogens with zero attached hydrogens (tertiary/aromatic N) is 4. The highest BCUT2D eigenvalue weighted by atomic mass is 79.9. The van der Waals surface area contributed by atoms with Gasteiger partial charge in [0.05, 0.1) is 3.79 Å². The van der Waals surface area contributed by atoms with E-state index in [9.17, 15) is 0 Å². The van der Waals surface area contributed by atoms with Gasteiger partial charge in [0, 0.05) is 50.7 Å². The van der Waals surface area contributed by atoms with Crippen molar-refractivity contribution in [2.24, 2.45) is 0 Å². The Morgan fingerprint density at radius 2 is 2.27 bits per heavy atom. The quantitative estimate of drug-likeness (QED) is 0.861. The van der Waals surface area contributed by atoms with Gasteiger partial charge in [0.15, 0.2) is 0 Å². The van der Waals surface area contributed by atoms with Crippen LogP contribution in [-0.2, 0) is 6.54 Å². The normalized spacial score (nSPS) is 18.6. The largest absolute Gasteiger partial charge is 0.366 e. The van der Waals surface area contributed by atoms with E-state index < -0.39 is 0 Å². The van der Waals surface area contributed by atoms with E-state index in [1.807, 2.05) is 36.4 Å². The SMILES string of the molecule is CN(C)c1cc(NC2CCN(Cc3ccc(Br)s3)C2)ncn1. The van der Waals surface area contributed by atoms with Crippen LogP contribution in [0.1, 0.15) is 11.3 Å². The van der Waals surface area contributed by atoms with Gasteiger partial charge in [-0.25, -0.2) is 9.97 Å². The standard InChI is InChI=1S/C15H20BrN5S/c1-20(2)15-7-14(17-10-18-15)19-11-5-6-21(8-11)9-12-3-4-13(16)22-12/h3-4,7,10-11H,5-6,8-9H2,1-2H3,(H,17,18,19). The molecular weight excluding hydrogens is 362 g/mol. The van der Waals surface area contributed by atoms with Crippen LogP contribution < -0.4 is 10.2 Å². The Labute approximate surface area is 143 Å². The predicted octanol–water partition coefficient (Wildman–Crippen LogP) is 3.05. The molecule has 0 aliphatic carbocycles. The summed E-state index contributed by atoms with van der Waals surface area (Å²) in [5, 5.41) is 3.53. The molecule has 1 saturated heterocycles.